The van der Waals surface area contributed by atoms with Crippen LogP contribution in [0.25, 0.3) is 26.7 Å². The summed E-state index contributed by atoms with van der Waals surface area (Å²) in [6.45, 7) is -1.65. The van der Waals surface area contributed by atoms with Crippen LogP contribution in [0, 0.1) is 0 Å². The fourth-order valence-electron chi connectivity index (χ4n) is 3.53. The molecule has 38 heavy (non-hydrogen) atoms. The van der Waals surface area contributed by atoms with Gasteiger partial charge in [-0.05, 0) is 48.0 Å². The van der Waals surface area contributed by atoms with Gasteiger partial charge in [0.25, 0.3) is 5.91 Å². The largest absolute Gasteiger partial charge is 0.418 e. The summed E-state index contributed by atoms with van der Waals surface area (Å²) in [5.41, 5.74) is -1.47. The number of nitrogens with zero attached hydrogens (tertiary/aromatic N) is 2. The van der Waals surface area contributed by atoms with Crippen molar-refractivity contribution in [2.24, 2.45) is 0 Å². The first-order chi connectivity index (χ1) is 17.6. The minimum absolute atomic E-state index is 0.0226. The summed E-state index contributed by atoms with van der Waals surface area (Å²) >= 11 is 1.07. The summed E-state index contributed by atoms with van der Waals surface area (Å²) in [7, 11) is -3.50. The normalized spacial score (nSPS) is 12.5. The zero-order valence-electron chi connectivity index (χ0n) is 19.3. The number of para-hydroxylation sites is 1. The van der Waals surface area contributed by atoms with Crippen LogP contribution in [0.5, 0.6) is 0 Å². The number of alkyl halides is 6. The van der Waals surface area contributed by atoms with Gasteiger partial charge in [0.15, 0.2) is 15.5 Å². The topological polar surface area (TPSA) is 81.1 Å². The Morgan fingerprint density at radius 1 is 0.947 bits per heavy atom. The molecule has 0 bridgehead atoms. The number of rotatable bonds is 6. The molecule has 0 saturated heterocycles. The maximum absolute atomic E-state index is 13.8. The molecule has 4 rings (SSSR count). The minimum atomic E-state index is -4.79. The minimum Gasteiger partial charge on any atom is -0.342 e. The van der Waals surface area contributed by atoms with E-state index < -0.39 is 51.6 Å². The third-order valence-corrected chi connectivity index (χ3v) is 7.50. The van der Waals surface area contributed by atoms with Crippen molar-refractivity contribution in [3.8, 4) is 26.7 Å². The molecule has 2 aromatic heterocycles. The number of carbonyl (C=O) groups is 1. The molecule has 0 spiro atoms. The number of hydrogen-bond acceptors (Lipinski definition) is 5. The average Bonchev–Trinajstić information content (AvgIpc) is 3.49. The van der Waals surface area contributed by atoms with Crippen LogP contribution in [0.15, 0.2) is 71.6 Å². The van der Waals surface area contributed by atoms with Gasteiger partial charge in [0.05, 0.1) is 26.7 Å². The van der Waals surface area contributed by atoms with Crippen LogP contribution in [0.2, 0.25) is 0 Å². The van der Waals surface area contributed by atoms with Crippen LogP contribution in [-0.2, 0) is 16.0 Å². The Balaban J connectivity index is 1.83. The van der Waals surface area contributed by atoms with Crippen LogP contribution in [-0.4, -0.2) is 43.1 Å². The van der Waals surface area contributed by atoms with Gasteiger partial charge in [-0.3, -0.25) is 4.79 Å². The number of sulfone groups is 1. The molecule has 200 valence electrons. The van der Waals surface area contributed by atoms with Crippen molar-refractivity contribution in [2.75, 3.05) is 12.8 Å². The summed E-state index contributed by atoms with van der Waals surface area (Å²) in [5.74, 6) is -1.22. The summed E-state index contributed by atoms with van der Waals surface area (Å²) < 4.78 is 104. The maximum Gasteiger partial charge on any atom is 0.418 e. The first-order valence-corrected chi connectivity index (χ1v) is 13.4. The number of carbonyl (C=O) groups excluding carboxylic acids is 1. The van der Waals surface area contributed by atoms with Crippen LogP contribution in [0.3, 0.4) is 0 Å². The number of nitrogens with one attached hydrogen (secondary N) is 1. The van der Waals surface area contributed by atoms with Gasteiger partial charge in [0.2, 0.25) is 0 Å². The Morgan fingerprint density at radius 3 is 2.29 bits per heavy atom. The summed E-state index contributed by atoms with van der Waals surface area (Å²) in [6, 6.07) is 14.7. The number of benzene rings is 2. The highest BCUT2D eigenvalue weighted by atomic mass is 32.2. The second-order valence-electron chi connectivity index (χ2n) is 8.10. The fraction of sp³-hybridized carbons (Fsp3) is 0.167. The number of halogens is 6. The molecule has 0 aliphatic carbocycles. The van der Waals surface area contributed by atoms with Crippen molar-refractivity contribution in [3.63, 3.8) is 0 Å². The lowest BCUT2D eigenvalue weighted by Crippen LogP contribution is -2.34. The van der Waals surface area contributed by atoms with Crippen molar-refractivity contribution in [2.45, 2.75) is 17.2 Å². The predicted octanol–water partition coefficient (Wildman–Crippen LogP) is 5.98. The second kappa shape index (κ2) is 9.91. The van der Waals surface area contributed by atoms with Gasteiger partial charge in [0, 0.05) is 11.1 Å². The number of aromatic nitrogens is 2. The Morgan fingerprint density at radius 2 is 1.63 bits per heavy atom. The number of hydrogen-bond donors (Lipinski definition) is 1. The highest BCUT2D eigenvalue weighted by Gasteiger charge is 2.35. The van der Waals surface area contributed by atoms with Gasteiger partial charge in [-0.15, -0.1) is 11.3 Å². The van der Waals surface area contributed by atoms with Gasteiger partial charge in [-0.2, -0.15) is 31.4 Å². The third-order valence-electron chi connectivity index (χ3n) is 5.23. The van der Waals surface area contributed by atoms with E-state index in [-0.39, 0.29) is 10.6 Å². The Kier molecular flexibility index (Phi) is 7.14. The molecule has 0 fully saturated rings. The Bertz CT molecular complexity index is 1600. The van der Waals surface area contributed by atoms with E-state index >= 15 is 0 Å². The molecule has 1 N–H and O–H groups in total. The quantitative estimate of drug-likeness (QED) is 0.288. The standard InChI is InChI=1S/C24H17F6N3O3S2/c1-38(35,36)15-6-4-5-14(11-15)20-9-10-21(37-20)19-12-17(22(34)31-13-23(25,26)27)32-33(19)18-8-3-2-7-16(18)24(28,29)30/h2-12H,13H2,1H3,(H,31,34). The van der Waals surface area contributed by atoms with Gasteiger partial charge < -0.3 is 5.32 Å². The van der Waals surface area contributed by atoms with Crippen molar-refractivity contribution >= 4 is 27.1 Å². The molecule has 0 aliphatic rings. The van der Waals surface area contributed by atoms with Gasteiger partial charge in [-0.1, -0.05) is 24.3 Å². The monoisotopic (exact) mass is 573 g/mol. The zero-order valence-corrected chi connectivity index (χ0v) is 20.9. The van der Waals surface area contributed by atoms with E-state index in [0.29, 0.717) is 15.3 Å². The van der Waals surface area contributed by atoms with E-state index in [0.717, 1.165) is 40.5 Å². The third kappa shape index (κ3) is 6.07. The molecular formula is C24H17F6N3O3S2. The smallest absolute Gasteiger partial charge is 0.342 e. The first kappa shape index (κ1) is 27.4. The lowest BCUT2D eigenvalue weighted by molar-refractivity contribution is -0.137. The molecule has 6 nitrogen and oxygen atoms in total. The molecule has 0 saturated carbocycles. The second-order valence-corrected chi connectivity index (χ2v) is 11.2. The van der Waals surface area contributed by atoms with Crippen molar-refractivity contribution in [1.29, 1.82) is 0 Å². The summed E-state index contributed by atoms with van der Waals surface area (Å²) in [6.07, 6.45) is -8.44. The van der Waals surface area contributed by atoms with Crippen molar-refractivity contribution in [3.05, 3.63) is 78.0 Å². The summed E-state index contributed by atoms with van der Waals surface area (Å²) in [4.78, 5) is 13.4. The Labute approximate surface area is 216 Å². The van der Waals surface area contributed by atoms with E-state index in [1.54, 1.807) is 17.4 Å². The zero-order chi connectivity index (χ0) is 27.9. The molecular weight excluding hydrogens is 556 g/mol. The SMILES string of the molecule is CS(=O)(=O)c1cccc(-c2ccc(-c3cc(C(=O)NCC(F)(F)F)nn3-c3ccccc3C(F)(F)F)s2)c1. The number of thiophene rings is 1. The lowest BCUT2D eigenvalue weighted by Gasteiger charge is -2.14. The van der Waals surface area contributed by atoms with Crippen LogP contribution >= 0.6 is 11.3 Å². The van der Waals surface area contributed by atoms with E-state index in [4.69, 9.17) is 0 Å². The van der Waals surface area contributed by atoms with E-state index in [1.807, 2.05) is 0 Å². The maximum atomic E-state index is 13.8. The lowest BCUT2D eigenvalue weighted by atomic mass is 10.1. The average molecular weight is 574 g/mol. The van der Waals surface area contributed by atoms with E-state index in [9.17, 15) is 39.6 Å². The molecule has 0 unspecified atom stereocenters. The molecule has 0 radical (unpaired) electrons. The van der Waals surface area contributed by atoms with Crippen LogP contribution in [0.1, 0.15) is 16.1 Å². The van der Waals surface area contributed by atoms with Gasteiger partial charge in [0.1, 0.15) is 6.54 Å². The highest BCUT2D eigenvalue weighted by Crippen LogP contribution is 2.39. The molecule has 0 atom stereocenters. The number of amides is 1. The molecule has 4 aromatic rings. The molecule has 0 aliphatic heterocycles. The summed E-state index contributed by atoms with van der Waals surface area (Å²) in [5, 5.41) is 5.59. The van der Waals surface area contributed by atoms with Crippen LogP contribution in [0.4, 0.5) is 26.3 Å². The molecule has 1 amide bonds. The van der Waals surface area contributed by atoms with Gasteiger partial charge in [-0.25, -0.2) is 13.1 Å². The van der Waals surface area contributed by atoms with Crippen molar-refractivity contribution < 1.29 is 39.6 Å². The molecule has 2 aromatic carbocycles. The van der Waals surface area contributed by atoms with Crippen LogP contribution < -0.4 is 5.32 Å². The Hall–Kier alpha value is -3.65. The molecule has 2 heterocycles. The predicted molar refractivity (Wildman–Crippen MR) is 129 cm³/mol. The van der Waals surface area contributed by atoms with E-state index in [1.165, 1.54) is 36.4 Å². The fourth-order valence-corrected chi connectivity index (χ4v) is 5.20. The van der Waals surface area contributed by atoms with E-state index in [2.05, 4.69) is 5.10 Å². The first-order valence-electron chi connectivity index (χ1n) is 10.7. The highest BCUT2D eigenvalue weighted by molar-refractivity contribution is 7.90. The van der Waals surface area contributed by atoms with Crippen molar-refractivity contribution in [1.82, 2.24) is 15.1 Å². The molecule has 14 heteroatoms. The van der Waals surface area contributed by atoms with Gasteiger partial charge >= 0.3 is 12.4 Å².